The largest absolute Gasteiger partial charge is 0.494 e. The molecule has 2 rings (SSSR count). The Morgan fingerprint density at radius 2 is 1.81 bits per heavy atom. The van der Waals surface area contributed by atoms with Crippen molar-refractivity contribution < 1.29 is 13.2 Å². The van der Waals surface area contributed by atoms with E-state index >= 15 is 0 Å². The van der Waals surface area contributed by atoms with E-state index < -0.39 is 10.0 Å². The molecule has 0 aliphatic heterocycles. The number of anilines is 1. The van der Waals surface area contributed by atoms with Gasteiger partial charge in [-0.1, -0.05) is 24.3 Å². The first-order valence-electron chi connectivity index (χ1n) is 8.31. The Morgan fingerprint density at radius 1 is 1.04 bits per heavy atom. The molecule has 0 unspecified atom stereocenters. The standard InChI is InChI=1S/C18H23N3O3S2/c19-18(25)21-15-8-7-9-16(14-15)24-13-6-2-5-12-20-26(22,23)17-10-3-1-4-11-17/h1,3-4,7-11,14,20H,2,5-6,12-13H2,(H3,19,21,25). The second-order valence-corrected chi connectivity index (χ2v) is 7.84. The van der Waals surface area contributed by atoms with Gasteiger partial charge in [0.2, 0.25) is 10.0 Å². The molecule has 0 aromatic heterocycles. The summed E-state index contributed by atoms with van der Waals surface area (Å²) in [5.74, 6) is 0.732. The van der Waals surface area contributed by atoms with Gasteiger partial charge in [-0.15, -0.1) is 0 Å². The minimum atomic E-state index is -3.42. The molecule has 0 amide bonds. The molecule has 0 heterocycles. The van der Waals surface area contributed by atoms with E-state index in [2.05, 4.69) is 10.0 Å². The van der Waals surface area contributed by atoms with Gasteiger partial charge >= 0.3 is 0 Å². The molecule has 0 aliphatic rings. The molecule has 0 spiro atoms. The molecular weight excluding hydrogens is 370 g/mol. The molecular formula is C18H23N3O3S2. The fourth-order valence-electron chi connectivity index (χ4n) is 2.29. The van der Waals surface area contributed by atoms with Crippen LogP contribution in [0.15, 0.2) is 59.5 Å². The second kappa shape index (κ2) is 10.1. The van der Waals surface area contributed by atoms with E-state index in [0.717, 1.165) is 30.7 Å². The highest BCUT2D eigenvalue weighted by Crippen LogP contribution is 2.17. The number of thiocarbonyl (C=S) groups is 1. The number of ether oxygens (including phenoxy) is 1. The van der Waals surface area contributed by atoms with Crippen molar-refractivity contribution in [1.82, 2.24) is 4.72 Å². The Labute approximate surface area is 159 Å². The van der Waals surface area contributed by atoms with Crippen molar-refractivity contribution >= 4 is 33.0 Å². The van der Waals surface area contributed by atoms with Crippen molar-refractivity contribution in [2.75, 3.05) is 18.5 Å². The average molecular weight is 394 g/mol. The number of benzene rings is 2. The molecule has 0 atom stereocenters. The van der Waals surface area contributed by atoms with Gasteiger partial charge in [-0.2, -0.15) is 0 Å². The Balaban J connectivity index is 1.63. The van der Waals surface area contributed by atoms with Crippen LogP contribution < -0.4 is 20.5 Å². The highest BCUT2D eigenvalue weighted by Gasteiger charge is 2.11. The van der Waals surface area contributed by atoms with Crippen LogP contribution in [0.3, 0.4) is 0 Å². The number of nitrogens with two attached hydrogens (primary N) is 1. The predicted octanol–water partition coefficient (Wildman–Crippen LogP) is 2.87. The second-order valence-electron chi connectivity index (χ2n) is 5.64. The van der Waals surface area contributed by atoms with Gasteiger partial charge in [0.1, 0.15) is 5.75 Å². The van der Waals surface area contributed by atoms with Crippen LogP contribution in [0.5, 0.6) is 5.75 Å². The van der Waals surface area contributed by atoms with Crippen LogP contribution in [-0.4, -0.2) is 26.7 Å². The Hall–Kier alpha value is -2.16. The zero-order chi connectivity index (χ0) is 18.8. The van der Waals surface area contributed by atoms with Crippen molar-refractivity contribution in [2.45, 2.75) is 24.2 Å². The summed E-state index contributed by atoms with van der Waals surface area (Å²) in [5.41, 5.74) is 6.22. The summed E-state index contributed by atoms with van der Waals surface area (Å²) in [4.78, 5) is 0.286. The van der Waals surface area contributed by atoms with Gasteiger partial charge in [0.05, 0.1) is 11.5 Å². The molecule has 0 saturated carbocycles. The molecule has 0 radical (unpaired) electrons. The minimum Gasteiger partial charge on any atom is -0.494 e. The maximum Gasteiger partial charge on any atom is 0.240 e. The molecule has 140 valence electrons. The zero-order valence-electron chi connectivity index (χ0n) is 14.4. The summed E-state index contributed by atoms with van der Waals surface area (Å²) >= 11 is 4.80. The highest BCUT2D eigenvalue weighted by atomic mass is 32.2. The molecule has 0 fully saturated rings. The number of hydrogen-bond acceptors (Lipinski definition) is 4. The van der Waals surface area contributed by atoms with Gasteiger partial charge in [0.25, 0.3) is 0 Å². The number of unbranched alkanes of at least 4 members (excludes halogenated alkanes) is 2. The van der Waals surface area contributed by atoms with Crippen LogP contribution in [0.25, 0.3) is 0 Å². The van der Waals surface area contributed by atoms with Crippen molar-refractivity contribution in [3.63, 3.8) is 0 Å². The number of rotatable bonds is 10. The number of nitrogens with one attached hydrogen (secondary N) is 2. The average Bonchev–Trinajstić information content (AvgIpc) is 2.61. The molecule has 6 nitrogen and oxygen atoms in total. The lowest BCUT2D eigenvalue weighted by Crippen LogP contribution is -2.24. The fourth-order valence-corrected chi connectivity index (χ4v) is 3.50. The first-order valence-corrected chi connectivity index (χ1v) is 10.2. The lowest BCUT2D eigenvalue weighted by atomic mass is 10.2. The minimum absolute atomic E-state index is 0.208. The molecule has 0 aliphatic carbocycles. The van der Waals surface area contributed by atoms with Gasteiger partial charge in [-0.05, 0) is 55.7 Å². The number of hydrogen-bond donors (Lipinski definition) is 3. The summed E-state index contributed by atoms with van der Waals surface area (Å²) in [6.45, 7) is 0.965. The summed E-state index contributed by atoms with van der Waals surface area (Å²) in [6.07, 6.45) is 2.45. The smallest absolute Gasteiger partial charge is 0.240 e. The topological polar surface area (TPSA) is 93.4 Å². The third kappa shape index (κ3) is 6.99. The van der Waals surface area contributed by atoms with Gasteiger partial charge in [0, 0.05) is 18.3 Å². The third-order valence-corrected chi connectivity index (χ3v) is 5.12. The van der Waals surface area contributed by atoms with Crippen LogP contribution in [0.2, 0.25) is 0 Å². The van der Waals surface area contributed by atoms with Crippen molar-refractivity contribution in [1.29, 1.82) is 0 Å². The van der Waals surface area contributed by atoms with Crippen molar-refractivity contribution in [3.05, 3.63) is 54.6 Å². The van der Waals surface area contributed by atoms with E-state index in [4.69, 9.17) is 22.7 Å². The van der Waals surface area contributed by atoms with E-state index in [1.54, 1.807) is 30.3 Å². The van der Waals surface area contributed by atoms with Crippen molar-refractivity contribution in [3.8, 4) is 5.75 Å². The van der Waals surface area contributed by atoms with Crippen LogP contribution in [0, 0.1) is 0 Å². The quantitative estimate of drug-likeness (QED) is 0.425. The lowest BCUT2D eigenvalue weighted by molar-refractivity contribution is 0.305. The summed E-state index contributed by atoms with van der Waals surface area (Å²) in [6, 6.07) is 15.8. The molecule has 8 heteroatoms. The molecule has 2 aromatic carbocycles. The van der Waals surface area contributed by atoms with Crippen LogP contribution in [-0.2, 0) is 10.0 Å². The first kappa shape index (κ1) is 20.2. The van der Waals surface area contributed by atoms with E-state index in [1.165, 1.54) is 0 Å². The summed E-state index contributed by atoms with van der Waals surface area (Å²) in [5, 5.41) is 3.06. The third-order valence-electron chi connectivity index (χ3n) is 3.54. The Kier molecular flexibility index (Phi) is 7.83. The normalized spacial score (nSPS) is 11.1. The maximum atomic E-state index is 12.1. The molecule has 2 aromatic rings. The molecule has 26 heavy (non-hydrogen) atoms. The SMILES string of the molecule is NC(=S)Nc1cccc(OCCCCCNS(=O)(=O)c2ccccc2)c1. The van der Waals surface area contributed by atoms with Gasteiger partial charge in [-0.3, -0.25) is 0 Å². The predicted molar refractivity (Wildman–Crippen MR) is 108 cm³/mol. The van der Waals surface area contributed by atoms with Crippen LogP contribution in [0.1, 0.15) is 19.3 Å². The summed E-state index contributed by atoms with van der Waals surface area (Å²) in [7, 11) is -3.42. The van der Waals surface area contributed by atoms with E-state index in [-0.39, 0.29) is 10.0 Å². The Morgan fingerprint density at radius 3 is 2.54 bits per heavy atom. The maximum absolute atomic E-state index is 12.1. The number of sulfonamides is 1. The fraction of sp³-hybridized carbons (Fsp3) is 0.278. The van der Waals surface area contributed by atoms with Gasteiger partial charge in [0.15, 0.2) is 5.11 Å². The zero-order valence-corrected chi connectivity index (χ0v) is 16.0. The van der Waals surface area contributed by atoms with E-state index in [1.807, 2.05) is 24.3 Å². The molecule has 4 N–H and O–H groups in total. The van der Waals surface area contributed by atoms with Gasteiger partial charge < -0.3 is 15.8 Å². The highest BCUT2D eigenvalue weighted by molar-refractivity contribution is 7.89. The molecule has 0 bridgehead atoms. The van der Waals surface area contributed by atoms with Gasteiger partial charge in [-0.25, -0.2) is 13.1 Å². The van der Waals surface area contributed by atoms with Crippen LogP contribution in [0.4, 0.5) is 5.69 Å². The summed E-state index contributed by atoms with van der Waals surface area (Å²) < 4.78 is 32.4. The Bertz CT molecular complexity index is 811. The monoisotopic (exact) mass is 393 g/mol. The van der Waals surface area contributed by atoms with Crippen LogP contribution >= 0.6 is 12.2 Å². The van der Waals surface area contributed by atoms with Crippen molar-refractivity contribution in [2.24, 2.45) is 5.73 Å². The lowest BCUT2D eigenvalue weighted by Gasteiger charge is -2.09. The van der Waals surface area contributed by atoms with E-state index in [0.29, 0.717) is 13.2 Å². The first-order chi connectivity index (χ1) is 12.5. The molecule has 0 saturated heterocycles. The van der Waals surface area contributed by atoms with E-state index in [9.17, 15) is 8.42 Å².